The van der Waals surface area contributed by atoms with Gasteiger partial charge in [-0.15, -0.1) is 0 Å². The van der Waals surface area contributed by atoms with E-state index in [1.54, 1.807) is 0 Å². The van der Waals surface area contributed by atoms with Crippen molar-refractivity contribution in [3.63, 3.8) is 0 Å². The van der Waals surface area contributed by atoms with Crippen LogP contribution < -0.4 is 5.32 Å². The fourth-order valence-corrected chi connectivity index (χ4v) is 2.71. The van der Waals surface area contributed by atoms with Crippen LogP contribution in [0.1, 0.15) is 24.8 Å². The predicted molar refractivity (Wildman–Crippen MR) is 66.1 cm³/mol. The third-order valence-electron chi connectivity index (χ3n) is 3.62. The maximum atomic E-state index is 11.7. The number of hydrogen-bond donors (Lipinski definition) is 1. The highest BCUT2D eigenvalue weighted by molar-refractivity contribution is 5.67. The molecule has 1 amide bonds. The molecule has 2 heterocycles. The van der Waals surface area contributed by atoms with Crippen molar-refractivity contribution in [1.82, 2.24) is 5.32 Å². The summed E-state index contributed by atoms with van der Waals surface area (Å²) in [5.41, 5.74) is 0.997. The molecular weight excluding hydrogens is 230 g/mol. The lowest BCUT2D eigenvalue weighted by Gasteiger charge is -2.19. The molecular formula is C14H17NO3. The van der Waals surface area contributed by atoms with Gasteiger partial charge >= 0.3 is 6.09 Å². The number of ether oxygens (including phenoxy) is 2. The largest absolute Gasteiger partial charge is 0.445 e. The summed E-state index contributed by atoms with van der Waals surface area (Å²) < 4.78 is 10.9. The normalized spacial score (nSPS) is 29.2. The summed E-state index contributed by atoms with van der Waals surface area (Å²) >= 11 is 0. The lowest BCUT2D eigenvalue weighted by Crippen LogP contribution is -2.41. The molecule has 0 spiro atoms. The van der Waals surface area contributed by atoms with Gasteiger partial charge in [-0.3, -0.25) is 0 Å². The van der Waals surface area contributed by atoms with Gasteiger partial charge in [-0.2, -0.15) is 0 Å². The van der Waals surface area contributed by atoms with Gasteiger partial charge in [-0.25, -0.2) is 4.79 Å². The Morgan fingerprint density at radius 1 is 1.33 bits per heavy atom. The number of hydrogen-bond acceptors (Lipinski definition) is 3. The number of rotatable bonds is 3. The maximum Gasteiger partial charge on any atom is 0.407 e. The van der Waals surface area contributed by atoms with Crippen LogP contribution >= 0.6 is 0 Å². The third kappa shape index (κ3) is 2.48. The molecule has 3 unspecified atom stereocenters. The van der Waals surface area contributed by atoms with Crippen molar-refractivity contribution in [2.75, 3.05) is 0 Å². The maximum absolute atomic E-state index is 11.7. The Kier molecular flexibility index (Phi) is 3.19. The van der Waals surface area contributed by atoms with Gasteiger partial charge in [-0.05, 0) is 24.8 Å². The number of carbonyl (C=O) groups excluding carboxylic acids is 1. The van der Waals surface area contributed by atoms with Crippen LogP contribution in [0.4, 0.5) is 4.79 Å². The SMILES string of the molecule is O=C(NC1CC2CCC1O2)OCc1ccccc1. The lowest BCUT2D eigenvalue weighted by molar-refractivity contribution is 0.0926. The van der Waals surface area contributed by atoms with Gasteiger partial charge in [0.2, 0.25) is 0 Å². The van der Waals surface area contributed by atoms with Crippen molar-refractivity contribution in [3.8, 4) is 0 Å². The van der Waals surface area contributed by atoms with E-state index in [2.05, 4.69) is 5.32 Å². The van der Waals surface area contributed by atoms with Crippen molar-refractivity contribution >= 4 is 6.09 Å². The van der Waals surface area contributed by atoms with Gasteiger partial charge in [0.1, 0.15) is 6.61 Å². The highest BCUT2D eigenvalue weighted by Gasteiger charge is 2.41. The molecule has 3 rings (SSSR count). The van der Waals surface area contributed by atoms with E-state index in [1.807, 2.05) is 30.3 Å². The molecule has 2 aliphatic rings. The van der Waals surface area contributed by atoms with Crippen molar-refractivity contribution in [3.05, 3.63) is 35.9 Å². The second kappa shape index (κ2) is 4.98. The van der Waals surface area contributed by atoms with E-state index in [0.717, 1.165) is 24.8 Å². The predicted octanol–water partition coefficient (Wildman–Crippen LogP) is 2.23. The third-order valence-corrected chi connectivity index (χ3v) is 3.62. The highest BCUT2D eigenvalue weighted by Crippen LogP contribution is 2.34. The zero-order valence-electron chi connectivity index (χ0n) is 10.2. The summed E-state index contributed by atoms with van der Waals surface area (Å²) in [5.74, 6) is 0. The van der Waals surface area contributed by atoms with E-state index in [1.165, 1.54) is 0 Å². The molecule has 1 aromatic rings. The van der Waals surface area contributed by atoms with Crippen LogP contribution in [0.3, 0.4) is 0 Å². The fourth-order valence-electron chi connectivity index (χ4n) is 2.71. The molecule has 4 heteroatoms. The van der Waals surface area contributed by atoms with Crippen molar-refractivity contribution < 1.29 is 14.3 Å². The molecule has 0 saturated carbocycles. The quantitative estimate of drug-likeness (QED) is 0.891. The summed E-state index contributed by atoms with van der Waals surface area (Å²) in [7, 11) is 0. The molecule has 4 nitrogen and oxygen atoms in total. The zero-order chi connectivity index (χ0) is 12.4. The summed E-state index contributed by atoms with van der Waals surface area (Å²) in [6.45, 7) is 0.314. The standard InChI is InChI=1S/C14H17NO3/c16-14(17-9-10-4-2-1-3-5-10)15-12-8-11-6-7-13(12)18-11/h1-5,11-13H,6-9H2,(H,15,16). The smallest absolute Gasteiger partial charge is 0.407 e. The van der Waals surface area contributed by atoms with Gasteiger partial charge in [0.05, 0.1) is 18.2 Å². The Balaban J connectivity index is 1.45. The molecule has 0 radical (unpaired) electrons. The van der Waals surface area contributed by atoms with Gasteiger partial charge in [0.15, 0.2) is 0 Å². The van der Waals surface area contributed by atoms with Crippen molar-refractivity contribution in [1.29, 1.82) is 0 Å². The molecule has 2 fully saturated rings. The molecule has 0 aliphatic carbocycles. The molecule has 2 aliphatic heterocycles. The minimum absolute atomic E-state index is 0.132. The molecule has 1 N–H and O–H groups in total. The Morgan fingerprint density at radius 3 is 2.83 bits per heavy atom. The second-order valence-electron chi connectivity index (χ2n) is 4.92. The number of benzene rings is 1. The van der Waals surface area contributed by atoms with Gasteiger partial charge in [0, 0.05) is 0 Å². The molecule has 96 valence electrons. The number of fused-ring (bicyclic) bond motifs is 2. The number of alkyl carbamates (subject to hydrolysis) is 1. The zero-order valence-corrected chi connectivity index (χ0v) is 10.2. The molecule has 18 heavy (non-hydrogen) atoms. The van der Waals surface area contributed by atoms with Crippen LogP contribution in [0.25, 0.3) is 0 Å². The van der Waals surface area contributed by atoms with E-state index in [4.69, 9.17) is 9.47 Å². The minimum Gasteiger partial charge on any atom is -0.445 e. The van der Waals surface area contributed by atoms with Crippen LogP contribution in [0.15, 0.2) is 30.3 Å². The van der Waals surface area contributed by atoms with Gasteiger partial charge in [0.25, 0.3) is 0 Å². The van der Waals surface area contributed by atoms with Gasteiger partial charge in [-0.1, -0.05) is 30.3 Å². The first-order valence-electron chi connectivity index (χ1n) is 6.44. The van der Waals surface area contributed by atoms with Crippen LogP contribution in [-0.2, 0) is 16.1 Å². The second-order valence-corrected chi connectivity index (χ2v) is 4.92. The summed E-state index contributed by atoms with van der Waals surface area (Å²) in [5, 5.41) is 2.89. The monoisotopic (exact) mass is 247 g/mol. The van der Waals surface area contributed by atoms with E-state index < -0.39 is 0 Å². The average molecular weight is 247 g/mol. The first-order chi connectivity index (χ1) is 8.81. The molecule has 2 bridgehead atoms. The summed E-state index contributed by atoms with van der Waals surface area (Å²) in [6.07, 6.45) is 3.29. The van der Waals surface area contributed by atoms with Crippen LogP contribution in [-0.4, -0.2) is 24.3 Å². The first-order valence-corrected chi connectivity index (χ1v) is 6.44. The average Bonchev–Trinajstić information content (AvgIpc) is 3.00. The molecule has 2 saturated heterocycles. The summed E-state index contributed by atoms with van der Waals surface area (Å²) in [4.78, 5) is 11.7. The fraction of sp³-hybridized carbons (Fsp3) is 0.500. The number of amides is 1. The number of carbonyl (C=O) groups is 1. The van der Waals surface area contributed by atoms with E-state index in [0.29, 0.717) is 12.7 Å². The van der Waals surface area contributed by atoms with Crippen molar-refractivity contribution in [2.45, 2.75) is 44.1 Å². The van der Waals surface area contributed by atoms with E-state index >= 15 is 0 Å². The highest BCUT2D eigenvalue weighted by atomic mass is 16.6. The Morgan fingerprint density at radius 2 is 2.17 bits per heavy atom. The minimum atomic E-state index is -0.347. The van der Waals surface area contributed by atoms with Gasteiger partial charge < -0.3 is 14.8 Å². The Labute approximate surface area is 106 Å². The molecule has 1 aromatic carbocycles. The van der Waals surface area contributed by atoms with Crippen LogP contribution in [0.5, 0.6) is 0 Å². The molecule has 3 atom stereocenters. The topological polar surface area (TPSA) is 47.6 Å². The van der Waals surface area contributed by atoms with Crippen molar-refractivity contribution in [2.24, 2.45) is 0 Å². The lowest BCUT2D eigenvalue weighted by atomic mass is 9.96. The van der Waals surface area contributed by atoms with Crippen LogP contribution in [0, 0.1) is 0 Å². The first kappa shape index (κ1) is 11.5. The van der Waals surface area contributed by atoms with Crippen LogP contribution in [0.2, 0.25) is 0 Å². The number of nitrogens with one attached hydrogen (secondary N) is 1. The summed E-state index contributed by atoms with van der Waals surface area (Å²) in [6, 6.07) is 9.81. The Hall–Kier alpha value is -1.55. The van der Waals surface area contributed by atoms with E-state index in [-0.39, 0.29) is 18.2 Å². The molecule has 0 aromatic heterocycles. The van der Waals surface area contributed by atoms with E-state index in [9.17, 15) is 4.79 Å². The Bertz CT molecular complexity index is 420.